The van der Waals surface area contributed by atoms with Gasteiger partial charge in [0.15, 0.2) is 0 Å². The molecule has 2 aliphatic heterocycles. The van der Waals surface area contributed by atoms with Crippen molar-refractivity contribution in [3.63, 3.8) is 0 Å². The first kappa shape index (κ1) is 44.0. The molecule has 2 saturated heterocycles. The molecule has 2 saturated carbocycles. The number of anilines is 2. The van der Waals surface area contributed by atoms with Gasteiger partial charge >= 0.3 is 0 Å². The van der Waals surface area contributed by atoms with Gasteiger partial charge in [-0.25, -0.2) is 16.8 Å². The van der Waals surface area contributed by atoms with Crippen molar-refractivity contribution in [1.82, 2.24) is 9.80 Å². The normalized spacial score (nSPS) is 25.7. The van der Waals surface area contributed by atoms with Gasteiger partial charge in [0.1, 0.15) is 0 Å². The van der Waals surface area contributed by atoms with Gasteiger partial charge < -0.3 is 9.80 Å². The maximum atomic E-state index is 12.7. The highest BCUT2D eigenvalue weighted by atomic mass is 35.5. The fourth-order valence-electron chi connectivity index (χ4n) is 9.66. The van der Waals surface area contributed by atoms with E-state index in [1.165, 1.54) is 17.4 Å². The largest absolute Gasteiger partial charge is 0.342 e. The van der Waals surface area contributed by atoms with Crippen molar-refractivity contribution in [3.05, 3.63) is 127 Å². The van der Waals surface area contributed by atoms with Crippen LogP contribution in [0.15, 0.2) is 84.9 Å². The predicted octanol–water partition coefficient (Wildman–Crippen LogP) is 9.16. The monoisotopic (exact) mass is 918 g/mol. The van der Waals surface area contributed by atoms with Crippen molar-refractivity contribution < 1.29 is 21.6 Å². The van der Waals surface area contributed by atoms with Gasteiger partial charge in [0.25, 0.3) is 0 Å². The van der Waals surface area contributed by atoms with Gasteiger partial charge in [-0.15, -0.1) is 0 Å². The number of nitrogens with one attached hydrogen (secondary N) is 2. The summed E-state index contributed by atoms with van der Waals surface area (Å²) >= 11 is 24.1. The average Bonchev–Trinajstić information content (AvgIpc) is 3.64. The fraction of sp³-hybridized carbons (Fsp3) is 0.432. The van der Waals surface area contributed by atoms with Gasteiger partial charge in [0.05, 0.1) is 32.6 Å². The molecular formula is C44H50Cl4N4O5S2. The number of piperidine rings is 2. The summed E-state index contributed by atoms with van der Waals surface area (Å²) in [5.74, 6) is 2.24. The number of sulfonamides is 2. The van der Waals surface area contributed by atoms with E-state index in [2.05, 4.69) is 34.3 Å². The second-order valence-electron chi connectivity index (χ2n) is 17.1. The molecule has 0 aromatic heterocycles. The molecule has 4 aromatic carbocycles. The molecule has 15 heteroatoms. The minimum Gasteiger partial charge on any atom is -0.342 e. The average molecular weight is 921 g/mol. The summed E-state index contributed by atoms with van der Waals surface area (Å²) in [5.41, 5.74) is 5.94. The Morgan fingerprint density at radius 3 is 1.51 bits per heavy atom. The lowest BCUT2D eigenvalue weighted by Gasteiger charge is -2.25. The summed E-state index contributed by atoms with van der Waals surface area (Å²) in [5, 5.41) is 2.24. The van der Waals surface area contributed by atoms with Crippen LogP contribution in [-0.4, -0.2) is 77.8 Å². The number of benzene rings is 4. The van der Waals surface area contributed by atoms with Crippen molar-refractivity contribution in [1.29, 1.82) is 0 Å². The van der Waals surface area contributed by atoms with Crippen LogP contribution >= 0.6 is 46.4 Å². The van der Waals surface area contributed by atoms with E-state index in [1.807, 2.05) is 65.6 Å². The highest BCUT2D eigenvalue weighted by Gasteiger charge is 2.66. The van der Waals surface area contributed by atoms with Crippen LogP contribution in [0, 0.1) is 23.7 Å². The highest BCUT2D eigenvalue weighted by molar-refractivity contribution is 7.92. The van der Waals surface area contributed by atoms with E-state index in [0.717, 1.165) is 62.9 Å². The minimum absolute atomic E-state index is 0.0182. The summed E-state index contributed by atoms with van der Waals surface area (Å²) in [6, 6.07) is 26.8. The Morgan fingerprint density at radius 2 is 1.07 bits per heavy atom. The third-order valence-corrected chi connectivity index (χ3v) is 15.7. The summed E-state index contributed by atoms with van der Waals surface area (Å²) in [4.78, 5) is 17.2. The molecule has 4 aliphatic rings. The van der Waals surface area contributed by atoms with E-state index in [-0.39, 0.29) is 16.7 Å². The van der Waals surface area contributed by atoms with E-state index in [1.54, 1.807) is 18.2 Å². The Morgan fingerprint density at radius 1 is 0.627 bits per heavy atom. The number of hydrogen-bond donors (Lipinski definition) is 2. The third-order valence-electron chi connectivity index (χ3n) is 13.0. The first-order valence-corrected chi connectivity index (χ1v) is 25.1. The molecular weight excluding hydrogens is 870 g/mol. The molecule has 4 fully saturated rings. The first-order chi connectivity index (χ1) is 27.7. The third kappa shape index (κ3) is 10.0. The van der Waals surface area contributed by atoms with E-state index < -0.39 is 20.0 Å². The number of rotatable bonds is 13. The number of amides is 1. The molecule has 59 heavy (non-hydrogen) atoms. The summed E-state index contributed by atoms with van der Waals surface area (Å²) < 4.78 is 51.2. The van der Waals surface area contributed by atoms with Gasteiger partial charge in [-0.1, -0.05) is 96.6 Å². The zero-order valence-corrected chi connectivity index (χ0v) is 38.2. The van der Waals surface area contributed by atoms with Crippen LogP contribution < -0.4 is 9.44 Å². The molecule has 0 radical (unpaired) electrons. The Bertz CT molecular complexity index is 2440. The van der Waals surface area contributed by atoms with Crippen LogP contribution in [0.3, 0.4) is 0 Å². The summed E-state index contributed by atoms with van der Waals surface area (Å²) in [7, 11) is -6.57. The lowest BCUT2D eigenvalue weighted by atomic mass is 9.92. The second kappa shape index (κ2) is 17.0. The van der Waals surface area contributed by atoms with Crippen molar-refractivity contribution in [2.75, 3.05) is 54.7 Å². The van der Waals surface area contributed by atoms with E-state index in [0.29, 0.717) is 68.0 Å². The maximum absolute atomic E-state index is 12.7. The molecule has 0 spiro atoms. The molecule has 316 valence electrons. The van der Waals surface area contributed by atoms with Crippen LogP contribution in [0.1, 0.15) is 48.9 Å². The van der Waals surface area contributed by atoms with E-state index in [9.17, 15) is 21.6 Å². The van der Waals surface area contributed by atoms with E-state index in [4.69, 9.17) is 46.4 Å². The van der Waals surface area contributed by atoms with Crippen molar-refractivity contribution in [2.24, 2.45) is 23.7 Å². The molecule has 2 aliphatic carbocycles. The molecule has 0 bridgehead atoms. The van der Waals surface area contributed by atoms with Gasteiger partial charge in [0, 0.05) is 54.8 Å². The van der Waals surface area contributed by atoms with Gasteiger partial charge in [-0.3, -0.25) is 14.2 Å². The first-order valence-electron chi connectivity index (χ1n) is 19.8. The number of halogens is 4. The Kier molecular flexibility index (Phi) is 12.7. The van der Waals surface area contributed by atoms with Gasteiger partial charge in [-0.2, -0.15) is 0 Å². The Hall–Kier alpha value is -3.03. The number of carbonyl (C=O) groups is 1. The molecule has 2 heterocycles. The lowest BCUT2D eigenvalue weighted by Crippen LogP contribution is -2.34. The van der Waals surface area contributed by atoms with Crippen molar-refractivity contribution in [3.8, 4) is 0 Å². The standard InChI is InChI=1S/C22H24Cl2N2O3S.C22H26Cl2N2O2S/c1-22(15-4-3-5-16(11-15)25-30(2,28)29)17-12-26(13-18(17)22)21(27)9-7-14-6-8-19(23)20(24)10-14;1-22(16-6-3-7-17(12-16)25-29(2,27)28)18-13-26(14-19(18)22)10-4-5-15-8-9-20(23)21(24)11-15/h3-6,8,10-11,17-18,25H,7,9,12-13H2,1-2H3;3,6-9,11-12,18-19,25H,4-5,10,13-14H2,1-2H3. The predicted molar refractivity (Wildman–Crippen MR) is 241 cm³/mol. The SMILES string of the molecule is CC1(c2cccc(NS(C)(=O)=O)c2)C2CN(C(=O)CCc3ccc(Cl)c(Cl)c3)CC21.CC1(c2cccc(NS(C)(=O)=O)c2)C2CN(CCCc3ccc(Cl)c(Cl)c3)CC21. The second-order valence-corrected chi connectivity index (χ2v) is 22.2. The molecule has 2 N–H and O–H groups in total. The minimum atomic E-state index is -3.31. The topological polar surface area (TPSA) is 116 Å². The Balaban J connectivity index is 0.000000179. The number of aryl methyl sites for hydroxylation is 2. The van der Waals surface area contributed by atoms with Gasteiger partial charge in [-0.05, 0) is 120 Å². The van der Waals surface area contributed by atoms with Gasteiger partial charge in [0.2, 0.25) is 26.0 Å². The van der Waals surface area contributed by atoms with Crippen molar-refractivity contribution >= 4 is 83.7 Å². The number of hydrogen-bond acceptors (Lipinski definition) is 6. The molecule has 4 atom stereocenters. The zero-order chi connectivity index (χ0) is 42.5. The number of fused-ring (bicyclic) bond motifs is 2. The quantitative estimate of drug-likeness (QED) is 0.138. The van der Waals surface area contributed by atoms with Crippen molar-refractivity contribution in [2.45, 2.75) is 50.4 Å². The van der Waals surface area contributed by atoms with Crippen LogP contribution in [-0.2, 0) is 48.5 Å². The van der Waals surface area contributed by atoms with Crippen LogP contribution in [0.4, 0.5) is 11.4 Å². The zero-order valence-electron chi connectivity index (χ0n) is 33.5. The molecule has 8 rings (SSSR count). The van der Waals surface area contributed by atoms with Crippen LogP contribution in [0.2, 0.25) is 20.1 Å². The summed E-state index contributed by atoms with van der Waals surface area (Å²) in [6.45, 7) is 9.29. The molecule has 4 unspecified atom stereocenters. The van der Waals surface area contributed by atoms with Crippen LogP contribution in [0.5, 0.6) is 0 Å². The fourth-order valence-corrected chi connectivity index (χ4v) is 11.4. The highest BCUT2D eigenvalue weighted by Crippen LogP contribution is 2.64. The molecule has 4 aromatic rings. The number of nitrogens with zero attached hydrogens (tertiary/aromatic N) is 2. The lowest BCUT2D eigenvalue weighted by molar-refractivity contribution is -0.130. The molecule has 1 amide bonds. The number of likely N-dealkylation sites (tertiary alicyclic amines) is 2. The van der Waals surface area contributed by atoms with Crippen LogP contribution in [0.25, 0.3) is 0 Å². The maximum Gasteiger partial charge on any atom is 0.229 e. The molecule has 9 nitrogen and oxygen atoms in total. The number of carbonyl (C=O) groups excluding carboxylic acids is 1. The Labute approximate surface area is 368 Å². The smallest absolute Gasteiger partial charge is 0.229 e. The van der Waals surface area contributed by atoms with E-state index >= 15 is 0 Å². The summed E-state index contributed by atoms with van der Waals surface area (Å²) in [6.07, 6.45) is 5.51.